The van der Waals surface area contributed by atoms with Crippen LogP contribution in [-0.2, 0) is 23.7 Å². The maximum Gasteiger partial charge on any atom is 0.332 e. The number of nitrogens with one attached hydrogen (secondary N) is 1. The fourth-order valence-electron chi connectivity index (χ4n) is 3.19. The molecule has 0 saturated heterocycles. The number of ether oxygens (including phenoxy) is 4. The highest BCUT2D eigenvalue weighted by atomic mass is 35.5. The van der Waals surface area contributed by atoms with E-state index >= 15 is 0 Å². The van der Waals surface area contributed by atoms with E-state index in [0.29, 0.717) is 41.9 Å². The molecule has 1 aliphatic rings. The summed E-state index contributed by atoms with van der Waals surface area (Å²) in [6, 6.07) is 6.91. The van der Waals surface area contributed by atoms with E-state index in [2.05, 4.69) is 5.32 Å². The summed E-state index contributed by atoms with van der Waals surface area (Å²) < 4.78 is 23.6. The van der Waals surface area contributed by atoms with E-state index < -0.39 is 12.1 Å². The van der Waals surface area contributed by atoms with Gasteiger partial charge in [0, 0.05) is 17.3 Å². The lowest BCUT2D eigenvalue weighted by molar-refractivity contribution is -0.401. The van der Waals surface area contributed by atoms with E-state index in [4.69, 9.17) is 30.5 Å². The predicted octanol–water partition coefficient (Wildman–Crippen LogP) is 4.35. The van der Waals surface area contributed by atoms with Crippen molar-refractivity contribution < 1.29 is 23.7 Å². The van der Waals surface area contributed by atoms with Crippen LogP contribution in [0.3, 0.4) is 0 Å². The third-order valence-corrected chi connectivity index (χ3v) is 4.61. The number of hydrogen-bond donors (Lipinski definition) is 1. The second-order valence-corrected chi connectivity index (χ2v) is 6.60. The molecule has 27 heavy (non-hydrogen) atoms. The molecule has 0 unspecified atom stereocenters. The van der Waals surface area contributed by atoms with E-state index in [1.807, 2.05) is 27.7 Å². The standard InChI is InChI=1S/C20H28ClNO5/c1-6-24-18-13(4)20(25-7-2,26-8-3)27-14(5)17(18)19(23)22-16-11-9-15(21)10-12-16/h9-13,18H,6-8H2,1-5H3,(H,22,23)/t13-,18+/m0/s1. The Hall–Kier alpha value is -1.60. The molecular formula is C20H28ClNO5. The molecule has 1 aliphatic heterocycles. The van der Waals surface area contributed by atoms with Crippen molar-refractivity contribution in [2.24, 2.45) is 5.92 Å². The monoisotopic (exact) mass is 397 g/mol. The molecule has 2 rings (SSSR count). The molecule has 1 aromatic rings. The van der Waals surface area contributed by atoms with Gasteiger partial charge in [0.25, 0.3) is 5.91 Å². The molecular weight excluding hydrogens is 370 g/mol. The number of rotatable bonds is 8. The normalized spacial score (nSPS) is 21.7. The van der Waals surface area contributed by atoms with Gasteiger partial charge in [-0.25, -0.2) is 0 Å². The Kier molecular flexibility index (Phi) is 7.68. The fourth-order valence-corrected chi connectivity index (χ4v) is 3.32. The summed E-state index contributed by atoms with van der Waals surface area (Å²) in [5.74, 6) is -1.51. The summed E-state index contributed by atoms with van der Waals surface area (Å²) in [5, 5.41) is 3.47. The van der Waals surface area contributed by atoms with Crippen molar-refractivity contribution in [2.45, 2.75) is 46.7 Å². The largest absolute Gasteiger partial charge is 0.443 e. The lowest BCUT2D eigenvalue weighted by atomic mass is 9.90. The number of anilines is 1. The minimum Gasteiger partial charge on any atom is -0.443 e. The Bertz CT molecular complexity index is 667. The third-order valence-electron chi connectivity index (χ3n) is 4.35. The van der Waals surface area contributed by atoms with Crippen LogP contribution in [-0.4, -0.2) is 37.8 Å². The summed E-state index contributed by atoms with van der Waals surface area (Å²) in [6.07, 6.45) is -0.533. The van der Waals surface area contributed by atoms with Gasteiger partial charge >= 0.3 is 5.97 Å². The van der Waals surface area contributed by atoms with Gasteiger partial charge in [-0.1, -0.05) is 18.5 Å². The summed E-state index contributed by atoms with van der Waals surface area (Å²) in [7, 11) is 0. The minimum absolute atomic E-state index is 0.290. The molecule has 0 fully saturated rings. The zero-order chi connectivity index (χ0) is 20.0. The van der Waals surface area contributed by atoms with Gasteiger partial charge < -0.3 is 24.3 Å². The molecule has 6 nitrogen and oxygen atoms in total. The molecule has 150 valence electrons. The van der Waals surface area contributed by atoms with Crippen LogP contribution in [0.5, 0.6) is 0 Å². The first kappa shape index (κ1) is 21.7. The smallest absolute Gasteiger partial charge is 0.332 e. The van der Waals surface area contributed by atoms with Gasteiger partial charge in [0.1, 0.15) is 11.9 Å². The van der Waals surface area contributed by atoms with Crippen LogP contribution in [0.1, 0.15) is 34.6 Å². The first-order chi connectivity index (χ1) is 12.9. The highest BCUT2D eigenvalue weighted by molar-refractivity contribution is 6.30. The number of carbonyl (C=O) groups is 1. The average molecular weight is 398 g/mol. The van der Waals surface area contributed by atoms with Crippen LogP contribution in [0, 0.1) is 5.92 Å². The number of hydrogen-bond acceptors (Lipinski definition) is 5. The van der Waals surface area contributed by atoms with Crippen LogP contribution in [0.25, 0.3) is 0 Å². The average Bonchev–Trinajstić information content (AvgIpc) is 2.62. The Morgan fingerprint density at radius 1 is 1.15 bits per heavy atom. The van der Waals surface area contributed by atoms with Gasteiger partial charge in [0.05, 0.1) is 24.7 Å². The maximum atomic E-state index is 13.0. The van der Waals surface area contributed by atoms with Crippen LogP contribution < -0.4 is 5.32 Å². The zero-order valence-electron chi connectivity index (χ0n) is 16.5. The molecule has 0 spiro atoms. The first-order valence-electron chi connectivity index (χ1n) is 9.24. The lowest BCUT2D eigenvalue weighted by Crippen LogP contribution is -2.55. The summed E-state index contributed by atoms with van der Waals surface area (Å²) >= 11 is 5.90. The molecule has 0 radical (unpaired) electrons. The summed E-state index contributed by atoms with van der Waals surface area (Å²) in [4.78, 5) is 13.0. The van der Waals surface area contributed by atoms with Crippen molar-refractivity contribution in [1.82, 2.24) is 0 Å². The maximum absolute atomic E-state index is 13.0. The highest BCUT2D eigenvalue weighted by Crippen LogP contribution is 2.40. The van der Waals surface area contributed by atoms with E-state index in [9.17, 15) is 4.79 Å². The number of allylic oxidation sites excluding steroid dienone is 1. The van der Waals surface area contributed by atoms with Crippen molar-refractivity contribution in [3.05, 3.63) is 40.6 Å². The summed E-state index contributed by atoms with van der Waals surface area (Å²) in [6.45, 7) is 10.5. The van der Waals surface area contributed by atoms with Crippen molar-refractivity contribution in [1.29, 1.82) is 0 Å². The zero-order valence-corrected chi connectivity index (χ0v) is 17.3. The second-order valence-electron chi connectivity index (χ2n) is 6.17. The predicted molar refractivity (Wildman–Crippen MR) is 104 cm³/mol. The molecule has 0 bridgehead atoms. The number of halogens is 1. The molecule has 7 heteroatoms. The molecule has 0 saturated carbocycles. The molecule has 2 atom stereocenters. The molecule has 1 aromatic carbocycles. The molecule has 1 amide bonds. The van der Waals surface area contributed by atoms with Gasteiger partial charge in [0.15, 0.2) is 0 Å². The first-order valence-corrected chi connectivity index (χ1v) is 9.62. The Labute approximate surface area is 165 Å². The van der Waals surface area contributed by atoms with Crippen molar-refractivity contribution in [3.8, 4) is 0 Å². The Morgan fingerprint density at radius 2 is 1.74 bits per heavy atom. The molecule has 0 aliphatic carbocycles. The number of carbonyl (C=O) groups excluding carboxylic acids is 1. The third kappa shape index (κ3) is 4.82. The van der Waals surface area contributed by atoms with Crippen molar-refractivity contribution in [2.75, 3.05) is 25.1 Å². The number of benzene rings is 1. The molecule has 1 N–H and O–H groups in total. The Morgan fingerprint density at radius 3 is 2.26 bits per heavy atom. The van der Waals surface area contributed by atoms with Crippen LogP contribution in [0.4, 0.5) is 5.69 Å². The number of amides is 1. The fraction of sp³-hybridized carbons (Fsp3) is 0.550. The van der Waals surface area contributed by atoms with E-state index in [1.165, 1.54) is 0 Å². The Balaban J connectivity index is 2.36. The van der Waals surface area contributed by atoms with Gasteiger partial charge in [-0.15, -0.1) is 0 Å². The van der Waals surface area contributed by atoms with Crippen LogP contribution >= 0.6 is 11.6 Å². The van der Waals surface area contributed by atoms with Crippen LogP contribution in [0.15, 0.2) is 35.6 Å². The van der Waals surface area contributed by atoms with Gasteiger partial charge in [-0.2, -0.15) is 0 Å². The van der Waals surface area contributed by atoms with E-state index in [0.717, 1.165) is 0 Å². The second kappa shape index (κ2) is 9.55. The van der Waals surface area contributed by atoms with Gasteiger partial charge in [0.2, 0.25) is 0 Å². The van der Waals surface area contributed by atoms with E-state index in [1.54, 1.807) is 31.2 Å². The van der Waals surface area contributed by atoms with Crippen LogP contribution in [0.2, 0.25) is 5.02 Å². The van der Waals surface area contributed by atoms with Gasteiger partial charge in [-0.3, -0.25) is 4.79 Å². The minimum atomic E-state index is -1.28. The highest BCUT2D eigenvalue weighted by Gasteiger charge is 2.52. The molecule has 0 aromatic heterocycles. The van der Waals surface area contributed by atoms with E-state index in [-0.39, 0.29) is 11.8 Å². The quantitative estimate of drug-likeness (QED) is 0.660. The van der Waals surface area contributed by atoms with Gasteiger partial charge in [-0.05, 0) is 52.0 Å². The van der Waals surface area contributed by atoms with Crippen molar-refractivity contribution in [3.63, 3.8) is 0 Å². The SMILES string of the molecule is CCO[C@H]1C(C(=O)Nc2ccc(Cl)cc2)=C(C)OC(OCC)(OCC)[C@H]1C. The lowest BCUT2D eigenvalue weighted by Gasteiger charge is -2.45. The molecule has 1 heterocycles. The topological polar surface area (TPSA) is 66.0 Å². The summed E-state index contributed by atoms with van der Waals surface area (Å²) in [5.41, 5.74) is 1.06. The van der Waals surface area contributed by atoms with Crippen molar-refractivity contribution >= 4 is 23.2 Å².